The van der Waals surface area contributed by atoms with Crippen molar-refractivity contribution in [3.05, 3.63) is 64.3 Å². The molecule has 1 fully saturated rings. The number of nitrogens with zero attached hydrogens (tertiary/aromatic N) is 2. The number of aromatic amines is 1. The van der Waals surface area contributed by atoms with E-state index in [4.69, 9.17) is 27.5 Å². The second-order valence-corrected chi connectivity index (χ2v) is 9.90. The van der Waals surface area contributed by atoms with Crippen molar-refractivity contribution >= 4 is 28.6 Å². The molecule has 2 unspecified atom stereocenters. The summed E-state index contributed by atoms with van der Waals surface area (Å²) in [5.74, 6) is 3.76. The van der Waals surface area contributed by atoms with E-state index in [1.54, 1.807) is 4.90 Å². The Hall–Kier alpha value is -3.14. The fourth-order valence-electron chi connectivity index (χ4n) is 5.36. The number of likely N-dealkylation sites (tertiary alicyclic amines) is 1. The van der Waals surface area contributed by atoms with Crippen molar-refractivity contribution in [1.29, 1.82) is 0 Å². The molecule has 5 rings (SSSR count). The van der Waals surface area contributed by atoms with E-state index in [1.165, 1.54) is 18.4 Å². The number of halogens is 1. The molecular formula is C28H30ClN3O3. The van der Waals surface area contributed by atoms with Gasteiger partial charge in [-0.15, -0.1) is 6.42 Å². The van der Waals surface area contributed by atoms with E-state index in [9.17, 15) is 4.79 Å². The number of fused-ring (bicyclic) bond motifs is 3. The van der Waals surface area contributed by atoms with Crippen molar-refractivity contribution in [1.82, 2.24) is 14.8 Å². The summed E-state index contributed by atoms with van der Waals surface area (Å²) in [4.78, 5) is 20.6. The number of piperidine rings is 1. The van der Waals surface area contributed by atoms with Gasteiger partial charge in [-0.05, 0) is 74.3 Å². The summed E-state index contributed by atoms with van der Waals surface area (Å²) in [5, 5.41) is 1.78. The number of nitrogens with one attached hydrogen (secondary N) is 1. The summed E-state index contributed by atoms with van der Waals surface area (Å²) in [7, 11) is 2.16. The van der Waals surface area contributed by atoms with Crippen LogP contribution >= 0.6 is 11.6 Å². The summed E-state index contributed by atoms with van der Waals surface area (Å²) in [6.07, 6.45) is 8.02. The van der Waals surface area contributed by atoms with Gasteiger partial charge in [-0.25, -0.2) is 4.79 Å². The lowest BCUT2D eigenvalue weighted by atomic mass is 9.92. The molecule has 6 nitrogen and oxygen atoms in total. The summed E-state index contributed by atoms with van der Waals surface area (Å²) >= 11 is 6.29. The molecule has 1 N–H and O–H groups in total. The summed E-state index contributed by atoms with van der Waals surface area (Å²) in [6, 6.07) is 13.5. The SMILES string of the molecule is C#CCOC(=O)N1CCc2c([nH]c3ccc(Cl)cc23)C1c1ccc(OCC2CCCN(C)C2)cc1. The topological polar surface area (TPSA) is 57.8 Å². The Morgan fingerprint density at radius 1 is 1.23 bits per heavy atom. The number of terminal acetylenes is 1. The Labute approximate surface area is 211 Å². The lowest BCUT2D eigenvalue weighted by molar-refractivity contribution is 0.0993. The third-order valence-electron chi connectivity index (χ3n) is 7.01. The maximum atomic E-state index is 12.9. The summed E-state index contributed by atoms with van der Waals surface area (Å²) in [5.41, 5.74) is 4.13. The highest BCUT2D eigenvalue weighted by Crippen LogP contribution is 2.39. The zero-order valence-electron chi connectivity index (χ0n) is 19.9. The zero-order valence-corrected chi connectivity index (χ0v) is 20.7. The first-order valence-corrected chi connectivity index (χ1v) is 12.5. The zero-order chi connectivity index (χ0) is 24.4. The van der Waals surface area contributed by atoms with E-state index in [1.807, 2.05) is 42.5 Å². The molecule has 0 radical (unpaired) electrons. The van der Waals surface area contributed by atoms with E-state index >= 15 is 0 Å². The van der Waals surface area contributed by atoms with E-state index in [0.717, 1.165) is 41.0 Å². The maximum Gasteiger partial charge on any atom is 0.411 e. The monoisotopic (exact) mass is 491 g/mol. The van der Waals surface area contributed by atoms with Crippen molar-refractivity contribution in [3.8, 4) is 18.1 Å². The van der Waals surface area contributed by atoms with E-state index in [2.05, 4.69) is 22.9 Å². The third kappa shape index (κ3) is 4.98. The Bertz CT molecular complexity index is 1250. The van der Waals surface area contributed by atoms with Crippen molar-refractivity contribution < 1.29 is 14.3 Å². The number of H-pyrrole nitrogens is 1. The molecule has 3 aromatic rings. The first kappa shape index (κ1) is 23.6. The van der Waals surface area contributed by atoms with Gasteiger partial charge in [0.2, 0.25) is 0 Å². The van der Waals surface area contributed by atoms with Crippen LogP contribution in [0.3, 0.4) is 0 Å². The minimum atomic E-state index is -0.419. The lowest BCUT2D eigenvalue weighted by Gasteiger charge is -2.35. The molecule has 182 valence electrons. The molecule has 0 saturated carbocycles. The van der Waals surface area contributed by atoms with Gasteiger partial charge < -0.3 is 19.4 Å². The molecule has 0 bridgehead atoms. The van der Waals surface area contributed by atoms with Gasteiger partial charge in [-0.2, -0.15) is 0 Å². The van der Waals surface area contributed by atoms with Crippen LogP contribution in [-0.2, 0) is 11.2 Å². The summed E-state index contributed by atoms with van der Waals surface area (Å²) < 4.78 is 11.4. The number of benzene rings is 2. The number of hydrogen-bond acceptors (Lipinski definition) is 4. The Morgan fingerprint density at radius 2 is 2.06 bits per heavy atom. The molecule has 1 aromatic heterocycles. The first-order valence-electron chi connectivity index (χ1n) is 12.1. The van der Waals surface area contributed by atoms with Crippen molar-refractivity contribution in [2.75, 3.05) is 39.9 Å². The van der Waals surface area contributed by atoms with Gasteiger partial charge in [-0.1, -0.05) is 29.7 Å². The normalized spacial score (nSPS) is 20.3. The maximum absolute atomic E-state index is 12.9. The Morgan fingerprint density at radius 3 is 2.83 bits per heavy atom. The molecule has 3 heterocycles. The quantitative estimate of drug-likeness (QED) is 0.495. The smallest absolute Gasteiger partial charge is 0.411 e. The molecule has 1 amide bonds. The van der Waals surface area contributed by atoms with Crippen molar-refractivity contribution in [2.24, 2.45) is 5.92 Å². The van der Waals surface area contributed by atoms with Crippen LogP contribution in [0.4, 0.5) is 4.79 Å². The highest BCUT2D eigenvalue weighted by Gasteiger charge is 2.35. The highest BCUT2D eigenvalue weighted by molar-refractivity contribution is 6.31. The molecule has 0 spiro atoms. The molecule has 1 saturated heterocycles. The van der Waals surface area contributed by atoms with Crippen LogP contribution < -0.4 is 4.74 Å². The molecule has 0 aliphatic carbocycles. The Kier molecular flexibility index (Phi) is 6.90. The fraction of sp³-hybridized carbons (Fsp3) is 0.393. The van der Waals surface area contributed by atoms with Crippen LogP contribution in [0.15, 0.2) is 42.5 Å². The molecular weight excluding hydrogens is 462 g/mol. The van der Waals surface area contributed by atoms with Crippen LogP contribution in [0.5, 0.6) is 5.75 Å². The van der Waals surface area contributed by atoms with E-state index in [0.29, 0.717) is 30.5 Å². The third-order valence-corrected chi connectivity index (χ3v) is 7.24. The van der Waals surface area contributed by atoms with Gasteiger partial charge in [0.25, 0.3) is 0 Å². The highest BCUT2D eigenvalue weighted by atomic mass is 35.5. The average molecular weight is 492 g/mol. The van der Waals surface area contributed by atoms with E-state index in [-0.39, 0.29) is 12.6 Å². The van der Waals surface area contributed by atoms with Crippen LogP contribution in [-0.4, -0.2) is 60.8 Å². The van der Waals surface area contributed by atoms with Gasteiger partial charge in [0.15, 0.2) is 6.61 Å². The van der Waals surface area contributed by atoms with Gasteiger partial charge in [0, 0.05) is 40.6 Å². The van der Waals surface area contributed by atoms with Gasteiger partial charge in [0.1, 0.15) is 11.8 Å². The number of aromatic nitrogens is 1. The van der Waals surface area contributed by atoms with Crippen LogP contribution in [0.25, 0.3) is 10.9 Å². The van der Waals surface area contributed by atoms with Crippen molar-refractivity contribution in [2.45, 2.75) is 25.3 Å². The average Bonchev–Trinajstić information content (AvgIpc) is 3.23. The fourth-order valence-corrected chi connectivity index (χ4v) is 5.53. The molecule has 2 aromatic carbocycles. The number of hydrogen-bond donors (Lipinski definition) is 1. The predicted octanol–water partition coefficient (Wildman–Crippen LogP) is 5.26. The molecule has 35 heavy (non-hydrogen) atoms. The van der Waals surface area contributed by atoms with E-state index < -0.39 is 6.09 Å². The number of carbonyl (C=O) groups excluding carboxylic acids is 1. The van der Waals surface area contributed by atoms with Crippen LogP contribution in [0.2, 0.25) is 5.02 Å². The van der Waals surface area contributed by atoms with Crippen LogP contribution in [0, 0.1) is 18.3 Å². The predicted molar refractivity (Wildman–Crippen MR) is 138 cm³/mol. The number of carbonyl (C=O) groups is 1. The lowest BCUT2D eigenvalue weighted by Crippen LogP contribution is -2.41. The largest absolute Gasteiger partial charge is 0.493 e. The molecule has 2 atom stereocenters. The minimum absolute atomic E-state index is 0.0552. The van der Waals surface area contributed by atoms with Crippen LogP contribution in [0.1, 0.15) is 35.7 Å². The standard InChI is InChI=1S/C28H30ClN3O3/c1-3-15-34-28(33)32-14-12-23-24-16-21(29)8-11-25(24)30-26(23)27(32)20-6-9-22(10-7-20)35-18-19-5-4-13-31(2)17-19/h1,6-11,16,19,27,30H,4-5,12-15,17-18H2,2H3. The number of ether oxygens (including phenoxy) is 2. The molecule has 2 aliphatic rings. The Balaban J connectivity index is 1.42. The summed E-state index contributed by atoms with van der Waals surface area (Å²) in [6.45, 7) is 3.41. The first-order chi connectivity index (χ1) is 17.0. The second-order valence-electron chi connectivity index (χ2n) is 9.46. The van der Waals surface area contributed by atoms with Crippen molar-refractivity contribution in [3.63, 3.8) is 0 Å². The van der Waals surface area contributed by atoms with Gasteiger partial charge >= 0.3 is 6.09 Å². The van der Waals surface area contributed by atoms with Gasteiger partial charge in [-0.3, -0.25) is 4.90 Å². The van der Waals surface area contributed by atoms with Gasteiger partial charge in [0.05, 0.1) is 6.61 Å². The molecule has 2 aliphatic heterocycles. The molecule has 7 heteroatoms. The minimum Gasteiger partial charge on any atom is -0.493 e. The second kappa shape index (κ2) is 10.2. The number of amides is 1. The number of rotatable bonds is 5.